The summed E-state index contributed by atoms with van der Waals surface area (Å²) in [5, 5.41) is 8.95. The number of aromatic carboxylic acids is 1. The molecule has 1 heterocycles. The third-order valence-electron chi connectivity index (χ3n) is 3.03. The summed E-state index contributed by atoms with van der Waals surface area (Å²) in [6.07, 6.45) is 0. The Labute approximate surface area is 109 Å². The van der Waals surface area contributed by atoms with E-state index in [1.807, 2.05) is 0 Å². The fourth-order valence-electron chi connectivity index (χ4n) is 1.96. The van der Waals surface area contributed by atoms with Crippen molar-refractivity contribution in [1.82, 2.24) is 0 Å². The van der Waals surface area contributed by atoms with Crippen LogP contribution >= 0.6 is 0 Å². The first-order valence-electron chi connectivity index (χ1n) is 5.58. The number of hydrogen-bond acceptors (Lipinski definition) is 5. The number of rotatable bonds is 2. The number of sulfone groups is 1. The average Bonchev–Trinajstić information content (AvgIpc) is 2.29. The van der Waals surface area contributed by atoms with Gasteiger partial charge in [-0.1, -0.05) is 0 Å². The van der Waals surface area contributed by atoms with Crippen LogP contribution in [0.3, 0.4) is 0 Å². The van der Waals surface area contributed by atoms with Gasteiger partial charge in [-0.3, -0.25) is 0 Å². The van der Waals surface area contributed by atoms with Gasteiger partial charge in [-0.15, -0.1) is 0 Å². The van der Waals surface area contributed by atoms with Gasteiger partial charge in [0, 0.05) is 18.8 Å². The lowest BCUT2D eigenvalue weighted by atomic mass is 10.1. The van der Waals surface area contributed by atoms with E-state index >= 15 is 0 Å². The van der Waals surface area contributed by atoms with Crippen LogP contribution in [0.25, 0.3) is 0 Å². The average molecular weight is 288 g/mol. The third kappa shape index (κ3) is 2.78. The smallest absolute Gasteiger partial charge is 0.337 e. The lowest BCUT2D eigenvalue weighted by Crippen LogP contribution is -2.40. The molecular weight excluding hydrogens is 275 g/mol. The maximum absolute atomic E-state index is 13.8. The van der Waals surface area contributed by atoms with Crippen LogP contribution in [-0.2, 0) is 9.84 Å². The minimum atomic E-state index is -3.08. The topological polar surface area (TPSA) is 101 Å². The summed E-state index contributed by atoms with van der Waals surface area (Å²) >= 11 is 0. The summed E-state index contributed by atoms with van der Waals surface area (Å²) in [6, 6.07) is 2.09. The first-order valence-corrected chi connectivity index (χ1v) is 7.40. The molecule has 0 unspecified atom stereocenters. The summed E-state index contributed by atoms with van der Waals surface area (Å²) in [4.78, 5) is 12.5. The van der Waals surface area contributed by atoms with E-state index in [0.29, 0.717) is 0 Å². The van der Waals surface area contributed by atoms with Gasteiger partial charge in [-0.25, -0.2) is 17.6 Å². The van der Waals surface area contributed by atoms with Crippen molar-refractivity contribution in [1.29, 1.82) is 0 Å². The van der Waals surface area contributed by atoms with Crippen molar-refractivity contribution >= 4 is 27.2 Å². The lowest BCUT2D eigenvalue weighted by molar-refractivity contribution is 0.0698. The maximum Gasteiger partial charge on any atom is 0.337 e. The van der Waals surface area contributed by atoms with Gasteiger partial charge >= 0.3 is 5.97 Å². The van der Waals surface area contributed by atoms with Crippen LogP contribution in [-0.4, -0.2) is 44.1 Å². The Hall–Kier alpha value is -1.83. The van der Waals surface area contributed by atoms with Crippen LogP contribution in [0.4, 0.5) is 15.8 Å². The van der Waals surface area contributed by atoms with E-state index in [1.165, 1.54) is 4.90 Å². The molecule has 1 aromatic rings. The second kappa shape index (κ2) is 4.69. The fourth-order valence-corrected chi connectivity index (χ4v) is 3.16. The molecule has 0 atom stereocenters. The van der Waals surface area contributed by atoms with Crippen LogP contribution < -0.4 is 10.6 Å². The molecule has 1 aliphatic heterocycles. The summed E-state index contributed by atoms with van der Waals surface area (Å²) in [5.74, 6) is -2.04. The predicted molar refractivity (Wildman–Crippen MR) is 68.6 cm³/mol. The molecular formula is C11H13FN2O4S. The van der Waals surface area contributed by atoms with Crippen molar-refractivity contribution in [2.24, 2.45) is 0 Å². The quantitative estimate of drug-likeness (QED) is 0.761. The largest absolute Gasteiger partial charge is 0.478 e. The number of nitrogens with two attached hydrogens (primary N) is 1. The van der Waals surface area contributed by atoms with Crippen molar-refractivity contribution in [3.05, 3.63) is 23.5 Å². The van der Waals surface area contributed by atoms with Gasteiger partial charge in [0.05, 0.1) is 22.8 Å². The van der Waals surface area contributed by atoms with Crippen molar-refractivity contribution in [3.8, 4) is 0 Å². The molecule has 0 amide bonds. The monoisotopic (exact) mass is 288 g/mol. The van der Waals surface area contributed by atoms with E-state index in [0.717, 1.165) is 12.1 Å². The fraction of sp³-hybridized carbons (Fsp3) is 0.364. The Morgan fingerprint density at radius 1 is 1.32 bits per heavy atom. The Morgan fingerprint density at radius 3 is 2.42 bits per heavy atom. The highest BCUT2D eigenvalue weighted by atomic mass is 32.2. The molecule has 0 saturated carbocycles. The maximum atomic E-state index is 13.8. The Morgan fingerprint density at radius 2 is 1.89 bits per heavy atom. The van der Waals surface area contributed by atoms with Crippen molar-refractivity contribution in [2.45, 2.75) is 0 Å². The molecule has 1 saturated heterocycles. The minimum Gasteiger partial charge on any atom is -0.478 e. The number of hydrogen-bond donors (Lipinski definition) is 2. The Balaban J connectivity index is 2.35. The molecule has 2 rings (SSSR count). The highest BCUT2D eigenvalue weighted by Crippen LogP contribution is 2.26. The van der Waals surface area contributed by atoms with Gasteiger partial charge in [0.15, 0.2) is 9.84 Å². The summed E-state index contributed by atoms with van der Waals surface area (Å²) in [5.41, 5.74) is 5.16. The van der Waals surface area contributed by atoms with Gasteiger partial charge in [0.2, 0.25) is 0 Å². The molecule has 0 aromatic heterocycles. The van der Waals surface area contributed by atoms with Gasteiger partial charge in [0.25, 0.3) is 0 Å². The molecule has 19 heavy (non-hydrogen) atoms. The number of halogens is 1. The minimum absolute atomic E-state index is 0.0702. The van der Waals surface area contributed by atoms with Gasteiger partial charge in [-0.05, 0) is 12.1 Å². The highest BCUT2D eigenvalue weighted by Gasteiger charge is 2.25. The number of benzene rings is 1. The van der Waals surface area contributed by atoms with E-state index in [1.54, 1.807) is 0 Å². The van der Waals surface area contributed by atoms with E-state index in [-0.39, 0.29) is 41.5 Å². The molecule has 104 valence electrons. The Bertz CT molecular complexity index is 616. The summed E-state index contributed by atoms with van der Waals surface area (Å²) in [7, 11) is -3.08. The molecule has 0 aliphatic carbocycles. The first kappa shape index (κ1) is 13.6. The zero-order chi connectivity index (χ0) is 14.2. The molecule has 0 radical (unpaired) electrons. The number of anilines is 2. The summed E-state index contributed by atoms with van der Waals surface area (Å²) in [6.45, 7) is 0.282. The van der Waals surface area contributed by atoms with E-state index in [2.05, 4.69) is 0 Å². The molecule has 1 aliphatic rings. The SMILES string of the molecule is Nc1cc(F)c(N2CCS(=O)(=O)CC2)cc1C(=O)O. The molecule has 1 fully saturated rings. The second-order valence-electron chi connectivity index (χ2n) is 4.33. The van der Waals surface area contributed by atoms with Gasteiger partial charge in [0.1, 0.15) is 5.82 Å². The number of carbonyl (C=O) groups is 1. The van der Waals surface area contributed by atoms with Gasteiger partial charge < -0.3 is 15.7 Å². The number of nitrogens with zero attached hydrogens (tertiary/aromatic N) is 1. The van der Waals surface area contributed by atoms with E-state index in [4.69, 9.17) is 10.8 Å². The molecule has 0 bridgehead atoms. The van der Waals surface area contributed by atoms with Crippen LogP contribution in [0.5, 0.6) is 0 Å². The second-order valence-corrected chi connectivity index (χ2v) is 6.64. The van der Waals surface area contributed by atoms with Crippen molar-refractivity contribution < 1.29 is 22.7 Å². The van der Waals surface area contributed by atoms with Crippen LogP contribution in [0.15, 0.2) is 12.1 Å². The van der Waals surface area contributed by atoms with E-state index in [9.17, 15) is 17.6 Å². The standard InChI is InChI=1S/C11H13FN2O4S/c12-8-6-9(13)7(11(15)16)5-10(8)14-1-3-19(17,18)4-2-14/h5-6H,1-4,13H2,(H,15,16). The first-order chi connectivity index (χ1) is 8.80. The number of nitrogen functional groups attached to an aromatic ring is 1. The molecule has 1 aromatic carbocycles. The zero-order valence-electron chi connectivity index (χ0n) is 9.97. The zero-order valence-corrected chi connectivity index (χ0v) is 10.8. The van der Waals surface area contributed by atoms with Gasteiger partial charge in [-0.2, -0.15) is 0 Å². The normalized spacial score (nSPS) is 18.3. The number of carboxylic acids is 1. The van der Waals surface area contributed by atoms with E-state index < -0.39 is 21.6 Å². The molecule has 3 N–H and O–H groups in total. The predicted octanol–water partition coefficient (Wildman–Crippen LogP) is 0.341. The van der Waals surface area contributed by atoms with Crippen LogP contribution in [0.2, 0.25) is 0 Å². The molecule has 8 heteroatoms. The third-order valence-corrected chi connectivity index (χ3v) is 4.64. The lowest BCUT2D eigenvalue weighted by Gasteiger charge is -2.29. The van der Waals surface area contributed by atoms with Crippen LogP contribution in [0, 0.1) is 5.82 Å². The molecule has 0 spiro atoms. The van der Waals surface area contributed by atoms with Crippen LogP contribution in [0.1, 0.15) is 10.4 Å². The number of carboxylic acid groups (broad SMARTS) is 1. The molecule has 6 nitrogen and oxygen atoms in total. The highest BCUT2D eigenvalue weighted by molar-refractivity contribution is 7.91. The van der Waals surface area contributed by atoms with Crippen molar-refractivity contribution in [2.75, 3.05) is 35.2 Å². The van der Waals surface area contributed by atoms with Crippen molar-refractivity contribution in [3.63, 3.8) is 0 Å². The Kier molecular flexibility index (Phi) is 3.36. The summed E-state index contributed by atoms with van der Waals surface area (Å²) < 4.78 is 36.4.